The minimum Gasteiger partial charge on any atom is -0.508 e. The Bertz CT molecular complexity index is 1250. The van der Waals surface area contributed by atoms with Gasteiger partial charge < -0.3 is 10.2 Å². The Kier molecular flexibility index (Phi) is 5.81. The molecule has 33 heavy (non-hydrogen) atoms. The van der Waals surface area contributed by atoms with Crippen LogP contribution in [-0.2, 0) is 13.1 Å². The number of phenolic OH excluding ortho intramolecular Hbond substituents is 2. The molecule has 5 rings (SSSR count). The van der Waals surface area contributed by atoms with Crippen LogP contribution >= 0.6 is 0 Å². The summed E-state index contributed by atoms with van der Waals surface area (Å²) in [5, 5.41) is 20.9. The van der Waals surface area contributed by atoms with Crippen LogP contribution in [0.1, 0.15) is 34.3 Å². The number of hydrogen-bond donors (Lipinski definition) is 2. The summed E-state index contributed by atoms with van der Waals surface area (Å²) in [7, 11) is 0. The summed E-state index contributed by atoms with van der Waals surface area (Å²) in [5.74, 6) is 0.598. The molecule has 4 heteroatoms. The van der Waals surface area contributed by atoms with Gasteiger partial charge in [-0.15, -0.1) is 0 Å². The van der Waals surface area contributed by atoms with E-state index in [4.69, 9.17) is 0 Å². The number of aromatic hydroxyl groups is 2. The third kappa shape index (κ3) is 4.33. The largest absolute Gasteiger partial charge is 0.508 e. The standard InChI is InChI=1S/C29H26N2O2/c32-26-17-9-7-15-24(26)19-30-21-31(20-25-16-8-10-18-27(25)33)29(23-13-5-2-6-14-23)28(30)22-11-3-1-4-12-22/h1-18,21,28-29H,19-20H2,(H-,32,33)/p+1/t28-,29-/m0/s1. The number of nitrogens with zero attached hydrogens (tertiary/aromatic N) is 2. The van der Waals surface area contributed by atoms with Gasteiger partial charge in [0.25, 0.3) is 0 Å². The summed E-state index contributed by atoms with van der Waals surface area (Å²) in [6.45, 7) is 1.15. The van der Waals surface area contributed by atoms with Gasteiger partial charge in [0.05, 0.1) is 0 Å². The van der Waals surface area contributed by atoms with E-state index >= 15 is 0 Å². The molecule has 0 bridgehead atoms. The van der Waals surface area contributed by atoms with Crippen molar-refractivity contribution in [2.24, 2.45) is 0 Å². The molecular weight excluding hydrogens is 408 g/mol. The van der Waals surface area contributed by atoms with Crippen LogP contribution in [0.25, 0.3) is 0 Å². The van der Waals surface area contributed by atoms with E-state index < -0.39 is 0 Å². The Hall–Kier alpha value is -4.05. The topological polar surface area (TPSA) is 46.7 Å². The molecule has 2 atom stereocenters. The molecule has 164 valence electrons. The van der Waals surface area contributed by atoms with Crippen LogP contribution < -0.4 is 0 Å². The summed E-state index contributed by atoms with van der Waals surface area (Å²) < 4.78 is 2.29. The SMILES string of the molecule is Oc1ccccc1CN1C=[N+](Cc2ccccc2O)[C@@H](c2ccccc2)[C@@H]1c1ccccc1. The van der Waals surface area contributed by atoms with E-state index in [0.29, 0.717) is 24.6 Å². The third-order valence-electron chi connectivity index (χ3n) is 6.28. The second kappa shape index (κ2) is 9.21. The van der Waals surface area contributed by atoms with Gasteiger partial charge >= 0.3 is 0 Å². The second-order valence-corrected chi connectivity index (χ2v) is 8.43. The molecule has 0 saturated carbocycles. The second-order valence-electron chi connectivity index (χ2n) is 8.43. The zero-order chi connectivity index (χ0) is 22.6. The molecule has 0 amide bonds. The lowest BCUT2D eigenvalue weighted by Crippen LogP contribution is -2.26. The molecular formula is C29H27N2O2+. The highest BCUT2D eigenvalue weighted by Crippen LogP contribution is 2.42. The van der Waals surface area contributed by atoms with E-state index in [9.17, 15) is 10.2 Å². The molecule has 4 aromatic rings. The molecule has 0 aliphatic carbocycles. The van der Waals surface area contributed by atoms with Gasteiger partial charge in [0.1, 0.15) is 24.6 Å². The van der Waals surface area contributed by atoms with Crippen LogP contribution in [0.3, 0.4) is 0 Å². The van der Waals surface area contributed by atoms with E-state index in [1.165, 1.54) is 11.1 Å². The van der Waals surface area contributed by atoms with Crippen LogP contribution in [0.5, 0.6) is 11.5 Å². The van der Waals surface area contributed by atoms with Crippen molar-refractivity contribution in [2.45, 2.75) is 25.2 Å². The number of benzene rings is 4. The lowest BCUT2D eigenvalue weighted by Gasteiger charge is -2.24. The first-order valence-corrected chi connectivity index (χ1v) is 11.2. The lowest BCUT2D eigenvalue weighted by molar-refractivity contribution is -0.578. The summed E-state index contributed by atoms with van der Waals surface area (Å²) in [4.78, 5) is 2.29. The summed E-state index contributed by atoms with van der Waals surface area (Å²) in [5.41, 5.74) is 4.17. The molecule has 0 unspecified atom stereocenters. The van der Waals surface area contributed by atoms with Crippen LogP contribution in [0, 0.1) is 0 Å². The molecule has 1 aliphatic rings. The molecule has 0 saturated heterocycles. The molecule has 1 heterocycles. The maximum atomic E-state index is 10.5. The molecule has 0 aromatic heterocycles. The summed E-state index contributed by atoms with van der Waals surface area (Å²) in [6, 6.07) is 36.1. The van der Waals surface area contributed by atoms with Gasteiger partial charge in [-0.2, -0.15) is 0 Å². The Balaban J connectivity index is 1.61. The van der Waals surface area contributed by atoms with E-state index in [-0.39, 0.29) is 12.1 Å². The molecule has 0 spiro atoms. The summed E-state index contributed by atoms with van der Waals surface area (Å²) in [6.07, 6.45) is 2.15. The average Bonchev–Trinajstić information content (AvgIpc) is 3.20. The minimum atomic E-state index is 0.0408. The van der Waals surface area contributed by atoms with Gasteiger partial charge in [0, 0.05) is 22.3 Å². The normalized spacial score (nSPS) is 17.7. The molecule has 2 N–H and O–H groups in total. The number of para-hydroxylation sites is 2. The monoisotopic (exact) mass is 435 g/mol. The zero-order valence-corrected chi connectivity index (χ0v) is 18.3. The predicted molar refractivity (Wildman–Crippen MR) is 130 cm³/mol. The molecule has 4 nitrogen and oxygen atoms in total. The van der Waals surface area contributed by atoms with Gasteiger partial charge in [-0.05, 0) is 12.1 Å². The Morgan fingerprint density at radius 3 is 1.73 bits per heavy atom. The van der Waals surface area contributed by atoms with Crippen molar-refractivity contribution in [3.8, 4) is 11.5 Å². The fourth-order valence-electron chi connectivity index (χ4n) is 4.71. The quantitative estimate of drug-likeness (QED) is 0.386. The maximum absolute atomic E-state index is 10.5. The highest BCUT2D eigenvalue weighted by atomic mass is 16.3. The van der Waals surface area contributed by atoms with Crippen molar-refractivity contribution in [3.63, 3.8) is 0 Å². The molecule has 0 fully saturated rings. The zero-order valence-electron chi connectivity index (χ0n) is 18.3. The Morgan fingerprint density at radius 2 is 1.12 bits per heavy atom. The van der Waals surface area contributed by atoms with Crippen LogP contribution in [0.15, 0.2) is 109 Å². The predicted octanol–water partition coefficient (Wildman–Crippen LogP) is 5.64. The van der Waals surface area contributed by atoms with Crippen LogP contribution in [0.2, 0.25) is 0 Å². The van der Waals surface area contributed by atoms with Crippen molar-refractivity contribution >= 4 is 6.34 Å². The third-order valence-corrected chi connectivity index (χ3v) is 6.28. The molecule has 1 aliphatic heterocycles. The first-order valence-electron chi connectivity index (χ1n) is 11.2. The maximum Gasteiger partial charge on any atom is 0.236 e. The Morgan fingerprint density at radius 1 is 0.606 bits per heavy atom. The first kappa shape index (κ1) is 20.8. The highest BCUT2D eigenvalue weighted by Gasteiger charge is 2.44. The molecule has 4 aromatic carbocycles. The smallest absolute Gasteiger partial charge is 0.236 e. The number of hydrogen-bond acceptors (Lipinski definition) is 3. The van der Waals surface area contributed by atoms with Gasteiger partial charge in [-0.1, -0.05) is 97.1 Å². The fraction of sp³-hybridized carbons (Fsp3) is 0.138. The first-order chi connectivity index (χ1) is 16.2. The highest BCUT2D eigenvalue weighted by molar-refractivity contribution is 5.55. The summed E-state index contributed by atoms with van der Waals surface area (Å²) >= 11 is 0. The van der Waals surface area contributed by atoms with Gasteiger partial charge in [-0.25, -0.2) is 0 Å². The van der Waals surface area contributed by atoms with Crippen molar-refractivity contribution in [1.82, 2.24) is 4.90 Å². The van der Waals surface area contributed by atoms with Gasteiger partial charge in [-0.3, -0.25) is 9.48 Å². The number of rotatable bonds is 6. The van der Waals surface area contributed by atoms with E-state index in [1.54, 1.807) is 12.1 Å². The van der Waals surface area contributed by atoms with Crippen molar-refractivity contribution in [1.29, 1.82) is 0 Å². The van der Waals surface area contributed by atoms with Crippen LogP contribution in [-0.4, -0.2) is 26.0 Å². The molecule has 0 radical (unpaired) electrons. The van der Waals surface area contributed by atoms with Gasteiger partial charge in [0.2, 0.25) is 6.34 Å². The number of phenols is 2. The minimum absolute atomic E-state index is 0.0408. The lowest BCUT2D eigenvalue weighted by atomic mass is 9.92. The average molecular weight is 436 g/mol. The van der Waals surface area contributed by atoms with E-state index in [0.717, 1.165) is 11.1 Å². The van der Waals surface area contributed by atoms with Crippen molar-refractivity contribution < 1.29 is 14.8 Å². The van der Waals surface area contributed by atoms with Crippen molar-refractivity contribution in [2.75, 3.05) is 0 Å². The van der Waals surface area contributed by atoms with Gasteiger partial charge in [0.15, 0.2) is 12.1 Å². The van der Waals surface area contributed by atoms with Crippen molar-refractivity contribution in [3.05, 3.63) is 131 Å². The van der Waals surface area contributed by atoms with E-state index in [2.05, 4.69) is 64.3 Å². The fourth-order valence-corrected chi connectivity index (χ4v) is 4.71. The van der Waals surface area contributed by atoms with E-state index in [1.807, 2.05) is 48.5 Å². The Labute approximate surface area is 194 Å². The van der Waals surface area contributed by atoms with Crippen LogP contribution in [0.4, 0.5) is 0 Å².